The Morgan fingerprint density at radius 1 is 0.627 bits per heavy atom. The number of furan rings is 1. The minimum absolute atomic E-state index is 0. The molecule has 3 nitrogen and oxygen atoms in total. The summed E-state index contributed by atoms with van der Waals surface area (Å²) in [5.74, 6) is 0. The van der Waals surface area contributed by atoms with Gasteiger partial charge in [-0.2, -0.15) is 0 Å². The molecule has 3 heterocycles. The van der Waals surface area contributed by atoms with Crippen LogP contribution in [0.25, 0.3) is 66.4 Å². The molecule has 5 aromatic carbocycles. The van der Waals surface area contributed by atoms with Crippen molar-refractivity contribution in [1.82, 2.24) is 9.97 Å². The van der Waals surface area contributed by atoms with Crippen LogP contribution in [0, 0.1) is 17.5 Å². The van der Waals surface area contributed by atoms with Crippen molar-refractivity contribution in [3.8, 4) is 33.6 Å². The fourth-order valence-electron chi connectivity index (χ4n) is 6.50. The van der Waals surface area contributed by atoms with Gasteiger partial charge in [0.1, 0.15) is 5.58 Å². The van der Waals surface area contributed by atoms with E-state index in [-0.39, 0.29) is 25.5 Å². The summed E-state index contributed by atoms with van der Waals surface area (Å²) in [6, 6.07) is 48.2. The van der Waals surface area contributed by atoms with E-state index in [4.69, 9.17) is 9.40 Å². The second kappa shape index (κ2) is 14.9. The molecular weight excluding hydrogens is 817 g/mol. The largest absolute Gasteiger partial charge is 0.500 e. The zero-order chi connectivity index (χ0) is 34.9. The van der Waals surface area contributed by atoms with E-state index in [1.54, 1.807) is 0 Å². The summed E-state index contributed by atoms with van der Waals surface area (Å²) in [6.45, 7) is 14.1. The van der Waals surface area contributed by atoms with Gasteiger partial charge < -0.3 is 14.4 Å². The molecule has 0 spiro atoms. The van der Waals surface area contributed by atoms with Gasteiger partial charge in [-0.05, 0) is 56.4 Å². The van der Waals surface area contributed by atoms with Crippen LogP contribution in [0.3, 0.4) is 0 Å². The second-order valence-corrected chi connectivity index (χ2v) is 20.2. The summed E-state index contributed by atoms with van der Waals surface area (Å²) >= 11 is 0. The summed E-state index contributed by atoms with van der Waals surface area (Å²) in [7, 11) is -1.37. The molecule has 0 N–H and O–H groups in total. The Bertz CT molecular complexity index is 2420. The zero-order valence-corrected chi connectivity index (χ0v) is 33.4. The molecule has 8 rings (SSSR count). The van der Waals surface area contributed by atoms with Crippen LogP contribution in [0.1, 0.15) is 26.3 Å². The topological polar surface area (TPSA) is 38.9 Å². The minimum atomic E-state index is -1.37. The summed E-state index contributed by atoms with van der Waals surface area (Å²) < 4.78 is 6.12. The number of rotatable bonds is 5. The van der Waals surface area contributed by atoms with E-state index in [9.17, 15) is 0 Å². The predicted octanol–water partition coefficient (Wildman–Crippen LogP) is 11.9. The van der Waals surface area contributed by atoms with Gasteiger partial charge in [-0.3, -0.25) is 0 Å². The Hall–Kier alpha value is -4.67. The summed E-state index contributed by atoms with van der Waals surface area (Å²) in [5.41, 5.74) is 9.82. The van der Waals surface area contributed by atoms with Crippen molar-refractivity contribution in [2.24, 2.45) is 5.41 Å². The third kappa shape index (κ3) is 8.29. The van der Waals surface area contributed by atoms with Gasteiger partial charge in [-0.1, -0.05) is 130 Å². The van der Waals surface area contributed by atoms with Crippen LogP contribution in [0.5, 0.6) is 0 Å². The maximum atomic E-state index is 6.12. The Labute approximate surface area is 316 Å². The van der Waals surface area contributed by atoms with Gasteiger partial charge in [-0.25, -0.2) is 0 Å². The SMILES string of the molecule is CC(C)(C)Cc1cc(-c2[c-]cccc2)ncc1[Si](C)(C)C.[Ir].[c-]1cc2oc3cc(-c4ccccc4)ccc3c2cc1-c1cc2ccccc2cn1. The summed E-state index contributed by atoms with van der Waals surface area (Å²) in [6.07, 6.45) is 5.13. The van der Waals surface area contributed by atoms with E-state index in [1.165, 1.54) is 21.7 Å². The van der Waals surface area contributed by atoms with Crippen molar-refractivity contribution in [3.05, 3.63) is 151 Å². The first-order valence-corrected chi connectivity index (χ1v) is 20.8. The first kappa shape index (κ1) is 36.1. The van der Waals surface area contributed by atoms with E-state index in [0.29, 0.717) is 0 Å². The Morgan fingerprint density at radius 3 is 2.06 bits per heavy atom. The Kier molecular flexibility index (Phi) is 10.6. The third-order valence-corrected chi connectivity index (χ3v) is 11.0. The molecule has 8 aromatic rings. The van der Waals surface area contributed by atoms with E-state index in [0.717, 1.165) is 61.8 Å². The molecule has 3 aromatic heterocycles. The number of aromatic nitrogens is 2. The normalized spacial score (nSPS) is 11.6. The number of hydrogen-bond acceptors (Lipinski definition) is 3. The molecular formula is C46H42IrN2OSi-2. The van der Waals surface area contributed by atoms with Gasteiger partial charge in [0.25, 0.3) is 0 Å². The number of fused-ring (bicyclic) bond motifs is 4. The third-order valence-electron chi connectivity index (χ3n) is 8.92. The summed E-state index contributed by atoms with van der Waals surface area (Å²) in [4.78, 5) is 9.35. The number of nitrogens with zero attached hydrogens (tertiary/aromatic N) is 2. The molecule has 0 unspecified atom stereocenters. The zero-order valence-electron chi connectivity index (χ0n) is 30.0. The first-order chi connectivity index (χ1) is 24.0. The van der Waals surface area contributed by atoms with E-state index < -0.39 is 8.07 Å². The molecule has 0 bridgehead atoms. The second-order valence-electron chi connectivity index (χ2n) is 15.2. The van der Waals surface area contributed by atoms with Gasteiger partial charge in [-0.15, -0.1) is 59.7 Å². The monoisotopic (exact) mass is 859 g/mol. The maximum Gasteiger partial charge on any atom is 0.121 e. The predicted molar refractivity (Wildman–Crippen MR) is 213 cm³/mol. The molecule has 0 aliphatic carbocycles. The first-order valence-electron chi connectivity index (χ1n) is 17.3. The Morgan fingerprint density at radius 2 is 1.33 bits per heavy atom. The summed E-state index contributed by atoms with van der Waals surface area (Å²) in [5, 5.41) is 5.99. The van der Waals surface area contributed by atoms with Crippen LogP contribution in [-0.2, 0) is 26.5 Å². The molecule has 5 heteroatoms. The molecule has 0 amide bonds. The van der Waals surface area contributed by atoms with Crippen molar-refractivity contribution in [2.45, 2.75) is 46.8 Å². The molecule has 0 fully saturated rings. The van der Waals surface area contributed by atoms with Crippen molar-refractivity contribution in [2.75, 3.05) is 0 Å². The number of pyridine rings is 2. The quantitative estimate of drug-likeness (QED) is 0.128. The maximum absolute atomic E-state index is 6.12. The number of benzene rings is 5. The van der Waals surface area contributed by atoms with Crippen LogP contribution in [0.15, 0.2) is 138 Å². The smallest absolute Gasteiger partial charge is 0.121 e. The number of hydrogen-bond donors (Lipinski definition) is 0. The minimum Gasteiger partial charge on any atom is -0.500 e. The average Bonchev–Trinajstić information content (AvgIpc) is 3.48. The van der Waals surface area contributed by atoms with E-state index in [2.05, 4.69) is 143 Å². The Balaban J connectivity index is 0.000000182. The van der Waals surface area contributed by atoms with Gasteiger partial charge in [0, 0.05) is 37.9 Å². The molecule has 1 radical (unpaired) electrons. The standard InChI is InChI=1S/C27H16NO.C19H26NSi.Ir/c1-2-6-18(7-3-1)20-10-12-23-24-14-21(11-13-26(24)29-27(23)16-20)25-15-19-8-4-5-9-22(19)17-28-25;1-19(2,3)13-16-12-17(15-10-8-7-9-11-15)20-14-18(16)21(4,5)6;/h1-10,12-17H;7-10,12,14H,13H2,1-6H3;/q2*-1;. The van der Waals surface area contributed by atoms with Crippen molar-refractivity contribution in [3.63, 3.8) is 0 Å². The van der Waals surface area contributed by atoms with Gasteiger partial charge >= 0.3 is 0 Å². The van der Waals surface area contributed by atoms with Gasteiger partial charge in [0.05, 0.1) is 13.7 Å². The van der Waals surface area contributed by atoms with Crippen LogP contribution in [0.2, 0.25) is 19.6 Å². The molecule has 0 saturated heterocycles. The fraction of sp³-hybridized carbons (Fsp3) is 0.174. The van der Waals surface area contributed by atoms with Crippen LogP contribution in [0.4, 0.5) is 0 Å². The average molecular weight is 859 g/mol. The van der Waals surface area contributed by atoms with E-state index in [1.807, 2.05) is 48.7 Å². The molecule has 0 saturated carbocycles. The van der Waals surface area contributed by atoms with Crippen molar-refractivity contribution in [1.29, 1.82) is 0 Å². The molecule has 51 heavy (non-hydrogen) atoms. The van der Waals surface area contributed by atoms with Crippen molar-refractivity contribution < 1.29 is 24.5 Å². The molecule has 257 valence electrons. The van der Waals surface area contributed by atoms with Crippen LogP contribution >= 0.6 is 0 Å². The fourth-order valence-corrected chi connectivity index (χ4v) is 8.08. The van der Waals surface area contributed by atoms with Crippen molar-refractivity contribution >= 4 is 46.0 Å². The van der Waals surface area contributed by atoms with Gasteiger partial charge in [0.15, 0.2) is 0 Å². The van der Waals surface area contributed by atoms with Gasteiger partial charge in [0.2, 0.25) is 0 Å². The molecule has 0 aliphatic rings. The van der Waals surface area contributed by atoms with Crippen LogP contribution < -0.4 is 5.19 Å². The molecule has 0 atom stereocenters. The van der Waals surface area contributed by atoms with Crippen LogP contribution in [-0.4, -0.2) is 18.0 Å². The van der Waals surface area contributed by atoms with E-state index >= 15 is 0 Å². The molecule has 0 aliphatic heterocycles.